The number of nitrogens with two attached hydrogens (primary N) is 1. The third kappa shape index (κ3) is 4.97. The third-order valence-electron chi connectivity index (χ3n) is 2.03. The van der Waals surface area contributed by atoms with Crippen LogP contribution in [0.4, 0.5) is 0 Å². The molecule has 0 aromatic rings. The fourth-order valence-electron chi connectivity index (χ4n) is 1.32. The summed E-state index contributed by atoms with van der Waals surface area (Å²) in [7, 11) is 1.66. The molecule has 15 heavy (non-hydrogen) atoms. The van der Waals surface area contributed by atoms with Crippen molar-refractivity contribution in [1.82, 2.24) is 0 Å². The van der Waals surface area contributed by atoms with Crippen molar-refractivity contribution in [3.63, 3.8) is 0 Å². The molecule has 1 atom stereocenters. The Labute approximate surface area is 90.7 Å². The van der Waals surface area contributed by atoms with E-state index in [2.05, 4.69) is 0 Å². The monoisotopic (exact) mass is 213 g/mol. The van der Waals surface area contributed by atoms with Crippen LogP contribution in [0.15, 0.2) is 24.0 Å². The van der Waals surface area contributed by atoms with Gasteiger partial charge in [0.2, 0.25) is 0 Å². The maximum absolute atomic E-state index is 5.51. The molecule has 0 aliphatic heterocycles. The van der Waals surface area contributed by atoms with Crippen LogP contribution in [0.1, 0.15) is 6.42 Å². The largest absolute Gasteiger partial charge is 0.495 e. The van der Waals surface area contributed by atoms with E-state index >= 15 is 0 Å². The number of methoxy groups -OCH3 is 1. The summed E-state index contributed by atoms with van der Waals surface area (Å²) in [5, 5.41) is 0. The Morgan fingerprint density at radius 2 is 2.27 bits per heavy atom. The van der Waals surface area contributed by atoms with E-state index in [1.807, 2.05) is 18.2 Å². The zero-order valence-corrected chi connectivity index (χ0v) is 9.15. The summed E-state index contributed by atoms with van der Waals surface area (Å²) >= 11 is 0. The first-order valence-corrected chi connectivity index (χ1v) is 5.17. The fourth-order valence-corrected chi connectivity index (χ4v) is 1.32. The SMILES string of the molecule is COCCOC1=CC=C[C@@H](OCCN)C1. The van der Waals surface area contributed by atoms with Gasteiger partial charge in [-0.2, -0.15) is 0 Å². The minimum Gasteiger partial charge on any atom is -0.495 e. The van der Waals surface area contributed by atoms with E-state index in [9.17, 15) is 0 Å². The van der Waals surface area contributed by atoms with E-state index < -0.39 is 0 Å². The standard InChI is InChI=1S/C11H19NO3/c1-13-7-8-15-11-4-2-3-10(9-11)14-6-5-12/h2-4,10H,5-9,12H2,1H3/t10-/m1/s1. The highest BCUT2D eigenvalue weighted by Crippen LogP contribution is 2.16. The summed E-state index contributed by atoms with van der Waals surface area (Å²) < 4.78 is 15.9. The molecule has 0 fully saturated rings. The van der Waals surface area contributed by atoms with Gasteiger partial charge in [-0.3, -0.25) is 0 Å². The molecule has 0 aromatic carbocycles. The van der Waals surface area contributed by atoms with Crippen LogP contribution >= 0.6 is 0 Å². The lowest BCUT2D eigenvalue weighted by Gasteiger charge is -2.19. The van der Waals surface area contributed by atoms with Gasteiger partial charge in [0.25, 0.3) is 0 Å². The van der Waals surface area contributed by atoms with Gasteiger partial charge in [0.15, 0.2) is 0 Å². The van der Waals surface area contributed by atoms with Crippen molar-refractivity contribution in [2.45, 2.75) is 12.5 Å². The first kappa shape index (κ1) is 12.2. The van der Waals surface area contributed by atoms with Crippen LogP contribution in [0.5, 0.6) is 0 Å². The minimum absolute atomic E-state index is 0.0936. The smallest absolute Gasteiger partial charge is 0.111 e. The van der Waals surface area contributed by atoms with Crippen LogP contribution in [0.3, 0.4) is 0 Å². The average molecular weight is 213 g/mol. The molecule has 0 amide bonds. The van der Waals surface area contributed by atoms with E-state index in [1.165, 1.54) is 0 Å². The summed E-state index contributed by atoms with van der Waals surface area (Å²) in [5.41, 5.74) is 5.37. The molecule has 2 N–H and O–H groups in total. The van der Waals surface area contributed by atoms with Gasteiger partial charge in [-0.25, -0.2) is 0 Å². The van der Waals surface area contributed by atoms with Crippen LogP contribution in [-0.4, -0.2) is 39.6 Å². The number of hydrogen-bond acceptors (Lipinski definition) is 4. The van der Waals surface area contributed by atoms with Crippen molar-refractivity contribution in [3.05, 3.63) is 24.0 Å². The molecule has 86 valence electrons. The molecule has 0 heterocycles. The maximum Gasteiger partial charge on any atom is 0.111 e. The van der Waals surface area contributed by atoms with E-state index in [0.717, 1.165) is 12.2 Å². The van der Waals surface area contributed by atoms with Gasteiger partial charge < -0.3 is 19.9 Å². The lowest BCUT2D eigenvalue weighted by Crippen LogP contribution is -2.19. The summed E-state index contributed by atoms with van der Waals surface area (Å²) in [6.45, 7) is 2.32. The van der Waals surface area contributed by atoms with Gasteiger partial charge in [0, 0.05) is 20.1 Å². The van der Waals surface area contributed by atoms with Crippen molar-refractivity contribution in [2.75, 3.05) is 33.5 Å². The normalized spacial score (nSPS) is 20.1. The molecule has 0 bridgehead atoms. The lowest BCUT2D eigenvalue weighted by atomic mass is 10.1. The Kier molecular flexibility index (Phi) is 6.08. The van der Waals surface area contributed by atoms with Crippen molar-refractivity contribution in [2.24, 2.45) is 5.73 Å². The second kappa shape index (κ2) is 7.45. The van der Waals surface area contributed by atoms with E-state index in [-0.39, 0.29) is 6.10 Å². The van der Waals surface area contributed by atoms with E-state index in [4.69, 9.17) is 19.9 Å². The number of hydrogen-bond donors (Lipinski definition) is 1. The third-order valence-corrected chi connectivity index (χ3v) is 2.03. The zero-order valence-electron chi connectivity index (χ0n) is 9.15. The molecular formula is C11H19NO3. The molecule has 0 unspecified atom stereocenters. The maximum atomic E-state index is 5.51. The van der Waals surface area contributed by atoms with Crippen LogP contribution in [0.2, 0.25) is 0 Å². The highest BCUT2D eigenvalue weighted by molar-refractivity contribution is 5.16. The molecule has 0 saturated heterocycles. The summed E-state index contributed by atoms with van der Waals surface area (Å²) in [4.78, 5) is 0. The Bertz CT molecular complexity index is 226. The van der Waals surface area contributed by atoms with Crippen molar-refractivity contribution in [3.8, 4) is 0 Å². The van der Waals surface area contributed by atoms with Crippen molar-refractivity contribution < 1.29 is 14.2 Å². The molecule has 1 rings (SSSR count). The van der Waals surface area contributed by atoms with Crippen molar-refractivity contribution >= 4 is 0 Å². The Morgan fingerprint density at radius 3 is 3.00 bits per heavy atom. The molecule has 0 spiro atoms. The fraction of sp³-hybridized carbons (Fsp3) is 0.636. The van der Waals surface area contributed by atoms with Crippen molar-refractivity contribution in [1.29, 1.82) is 0 Å². The van der Waals surface area contributed by atoms with Gasteiger partial charge in [0.1, 0.15) is 6.61 Å². The molecule has 4 heteroatoms. The van der Waals surface area contributed by atoms with Crippen LogP contribution < -0.4 is 5.73 Å². The number of allylic oxidation sites excluding steroid dienone is 2. The predicted octanol–water partition coefficient (Wildman–Crippen LogP) is 0.837. The van der Waals surface area contributed by atoms with Crippen LogP contribution in [0.25, 0.3) is 0 Å². The Balaban J connectivity index is 2.23. The summed E-state index contributed by atoms with van der Waals surface area (Å²) in [6.07, 6.45) is 6.79. The second-order valence-corrected chi connectivity index (χ2v) is 3.26. The first-order chi connectivity index (χ1) is 7.36. The van der Waals surface area contributed by atoms with E-state index in [0.29, 0.717) is 26.4 Å². The van der Waals surface area contributed by atoms with Gasteiger partial charge >= 0.3 is 0 Å². The number of ether oxygens (including phenoxy) is 3. The average Bonchev–Trinajstić information content (AvgIpc) is 2.27. The molecule has 0 radical (unpaired) electrons. The molecule has 0 saturated carbocycles. The molecular weight excluding hydrogens is 194 g/mol. The van der Waals surface area contributed by atoms with Crippen LogP contribution in [0, 0.1) is 0 Å². The Morgan fingerprint density at radius 1 is 1.40 bits per heavy atom. The summed E-state index contributed by atoms with van der Waals surface area (Å²) in [6, 6.07) is 0. The Hall–Kier alpha value is -0.840. The van der Waals surface area contributed by atoms with Crippen LogP contribution in [-0.2, 0) is 14.2 Å². The number of rotatable bonds is 7. The first-order valence-electron chi connectivity index (χ1n) is 5.17. The minimum atomic E-state index is 0.0936. The molecule has 0 aromatic heterocycles. The van der Waals surface area contributed by atoms with Gasteiger partial charge in [0.05, 0.1) is 25.1 Å². The zero-order chi connectivity index (χ0) is 10.9. The lowest BCUT2D eigenvalue weighted by molar-refractivity contribution is 0.0620. The molecule has 4 nitrogen and oxygen atoms in total. The molecule has 1 aliphatic rings. The summed E-state index contributed by atoms with van der Waals surface area (Å²) in [5.74, 6) is 0.941. The van der Waals surface area contributed by atoms with Gasteiger partial charge in [-0.15, -0.1) is 0 Å². The van der Waals surface area contributed by atoms with Gasteiger partial charge in [-0.05, 0) is 6.08 Å². The second-order valence-electron chi connectivity index (χ2n) is 3.26. The molecule has 1 aliphatic carbocycles. The highest BCUT2D eigenvalue weighted by Gasteiger charge is 2.12. The predicted molar refractivity (Wildman–Crippen MR) is 58.5 cm³/mol. The topological polar surface area (TPSA) is 53.7 Å². The van der Waals surface area contributed by atoms with Gasteiger partial charge in [-0.1, -0.05) is 12.2 Å². The highest BCUT2D eigenvalue weighted by atomic mass is 16.5. The quantitative estimate of drug-likeness (QED) is 0.637. The van der Waals surface area contributed by atoms with E-state index in [1.54, 1.807) is 7.11 Å².